The van der Waals surface area contributed by atoms with Crippen LogP contribution >= 0.6 is 0 Å². The molecule has 0 heterocycles. The number of ether oxygens (including phenoxy) is 1. The molecule has 0 aliphatic rings. The van der Waals surface area contributed by atoms with Crippen LogP contribution in [0.2, 0.25) is 0 Å². The van der Waals surface area contributed by atoms with Gasteiger partial charge < -0.3 is 4.74 Å². The molecule has 0 bridgehead atoms. The van der Waals surface area contributed by atoms with Gasteiger partial charge in [0, 0.05) is 11.1 Å². The van der Waals surface area contributed by atoms with Gasteiger partial charge in [-0.3, -0.25) is 4.79 Å². The fraction of sp³-hybridized carbons (Fsp3) is 0.133. The monoisotopic (exact) mass is 244 g/mol. The molecule has 0 fully saturated rings. The summed E-state index contributed by atoms with van der Waals surface area (Å²) in [5.74, 6) is 0.510. The van der Waals surface area contributed by atoms with Crippen molar-refractivity contribution in [2.45, 2.75) is 6.67 Å². The van der Waals surface area contributed by atoms with Gasteiger partial charge in [-0.15, -0.1) is 0 Å². The Morgan fingerprint density at radius 1 is 1.11 bits per heavy atom. The van der Waals surface area contributed by atoms with Crippen LogP contribution in [0.25, 0.3) is 0 Å². The molecule has 0 aromatic heterocycles. The lowest BCUT2D eigenvalue weighted by Gasteiger charge is -2.06. The highest BCUT2D eigenvalue weighted by Crippen LogP contribution is 2.18. The van der Waals surface area contributed by atoms with E-state index in [1.165, 1.54) is 0 Å². The predicted octanol–water partition coefficient (Wildman–Crippen LogP) is 3.40. The Labute approximate surface area is 105 Å². The van der Waals surface area contributed by atoms with Crippen LogP contribution in [0.1, 0.15) is 21.5 Å². The normalized spacial score (nSPS) is 10.1. The van der Waals surface area contributed by atoms with E-state index in [9.17, 15) is 9.18 Å². The van der Waals surface area contributed by atoms with Gasteiger partial charge in [-0.2, -0.15) is 0 Å². The first kappa shape index (κ1) is 12.3. The van der Waals surface area contributed by atoms with Gasteiger partial charge in [0.25, 0.3) is 0 Å². The average Bonchev–Trinajstić information content (AvgIpc) is 2.46. The molecule has 3 heteroatoms. The second-order valence-corrected chi connectivity index (χ2v) is 3.85. The molecule has 2 aromatic carbocycles. The van der Waals surface area contributed by atoms with Crippen LogP contribution < -0.4 is 4.74 Å². The van der Waals surface area contributed by atoms with Crippen LogP contribution in [-0.2, 0) is 6.67 Å². The number of alkyl halides is 1. The molecule has 0 unspecified atom stereocenters. The maximum Gasteiger partial charge on any atom is 0.193 e. The lowest BCUT2D eigenvalue weighted by molar-refractivity contribution is 0.103. The van der Waals surface area contributed by atoms with Crippen molar-refractivity contribution in [1.82, 2.24) is 0 Å². The van der Waals surface area contributed by atoms with E-state index in [2.05, 4.69) is 0 Å². The zero-order valence-electron chi connectivity index (χ0n) is 10.0. The number of carbonyl (C=O) groups excluding carboxylic acids is 1. The molecule has 0 spiro atoms. The van der Waals surface area contributed by atoms with E-state index >= 15 is 0 Å². The van der Waals surface area contributed by atoms with E-state index in [1.807, 2.05) is 0 Å². The van der Waals surface area contributed by atoms with E-state index in [4.69, 9.17) is 4.74 Å². The maximum atomic E-state index is 12.8. The summed E-state index contributed by atoms with van der Waals surface area (Å²) in [4.78, 5) is 12.2. The standard InChI is InChI=1S/C15H13FO2/c1-18-13-8-6-11(7-9-13)15(17)14-5-3-2-4-12(14)10-16/h2-9H,10H2,1H3. The molecule has 92 valence electrons. The highest BCUT2D eigenvalue weighted by Gasteiger charge is 2.12. The van der Waals surface area contributed by atoms with Gasteiger partial charge in [-0.05, 0) is 29.8 Å². The summed E-state index contributed by atoms with van der Waals surface area (Å²) in [6.45, 7) is -0.641. The first-order valence-corrected chi connectivity index (χ1v) is 5.59. The van der Waals surface area contributed by atoms with Crippen molar-refractivity contribution in [2.75, 3.05) is 7.11 Å². The molecule has 0 N–H and O–H groups in total. The molecular formula is C15H13FO2. The van der Waals surface area contributed by atoms with Crippen molar-refractivity contribution >= 4 is 5.78 Å². The quantitative estimate of drug-likeness (QED) is 0.770. The molecule has 0 amide bonds. The summed E-state index contributed by atoms with van der Waals surface area (Å²) in [6.07, 6.45) is 0. The highest BCUT2D eigenvalue weighted by molar-refractivity contribution is 6.09. The van der Waals surface area contributed by atoms with E-state index in [-0.39, 0.29) is 5.78 Å². The van der Waals surface area contributed by atoms with Crippen molar-refractivity contribution in [1.29, 1.82) is 0 Å². The molecule has 0 atom stereocenters. The molecular weight excluding hydrogens is 231 g/mol. The molecule has 2 aromatic rings. The zero-order chi connectivity index (χ0) is 13.0. The van der Waals surface area contributed by atoms with Gasteiger partial charge in [0.1, 0.15) is 12.4 Å². The SMILES string of the molecule is COc1ccc(C(=O)c2ccccc2CF)cc1. The Kier molecular flexibility index (Phi) is 3.72. The Morgan fingerprint density at radius 2 is 1.78 bits per heavy atom. The van der Waals surface area contributed by atoms with Gasteiger partial charge >= 0.3 is 0 Å². The van der Waals surface area contributed by atoms with Crippen molar-refractivity contribution in [3.05, 3.63) is 65.2 Å². The Hall–Kier alpha value is -2.16. The fourth-order valence-corrected chi connectivity index (χ4v) is 1.76. The summed E-state index contributed by atoms with van der Waals surface area (Å²) in [5.41, 5.74) is 1.35. The average molecular weight is 244 g/mol. The third kappa shape index (κ3) is 2.40. The lowest BCUT2D eigenvalue weighted by atomic mass is 9.99. The van der Waals surface area contributed by atoms with E-state index in [0.717, 1.165) is 0 Å². The minimum Gasteiger partial charge on any atom is -0.497 e. The fourth-order valence-electron chi connectivity index (χ4n) is 1.76. The molecule has 0 radical (unpaired) electrons. The van der Waals surface area contributed by atoms with Gasteiger partial charge in [0.2, 0.25) is 0 Å². The van der Waals surface area contributed by atoms with E-state index < -0.39 is 6.67 Å². The maximum absolute atomic E-state index is 12.8. The van der Waals surface area contributed by atoms with Gasteiger partial charge in [0.05, 0.1) is 7.11 Å². The van der Waals surface area contributed by atoms with Crippen LogP contribution in [0.3, 0.4) is 0 Å². The first-order valence-electron chi connectivity index (χ1n) is 5.59. The Bertz CT molecular complexity index is 547. The first-order chi connectivity index (χ1) is 8.76. The van der Waals surface area contributed by atoms with Crippen molar-refractivity contribution in [3.8, 4) is 5.75 Å². The molecule has 0 saturated heterocycles. The number of hydrogen-bond acceptors (Lipinski definition) is 2. The van der Waals surface area contributed by atoms with Crippen LogP contribution in [0.5, 0.6) is 5.75 Å². The smallest absolute Gasteiger partial charge is 0.193 e. The minimum absolute atomic E-state index is 0.175. The Balaban J connectivity index is 2.35. The number of ketones is 1. The number of halogens is 1. The van der Waals surface area contributed by atoms with Crippen molar-refractivity contribution < 1.29 is 13.9 Å². The van der Waals surface area contributed by atoms with Crippen molar-refractivity contribution in [2.24, 2.45) is 0 Å². The molecule has 2 nitrogen and oxygen atoms in total. The van der Waals surface area contributed by atoms with Gasteiger partial charge in [-0.25, -0.2) is 4.39 Å². The van der Waals surface area contributed by atoms with Crippen molar-refractivity contribution in [3.63, 3.8) is 0 Å². The predicted molar refractivity (Wildman–Crippen MR) is 67.7 cm³/mol. The van der Waals surface area contributed by atoms with Crippen LogP contribution in [-0.4, -0.2) is 12.9 Å². The third-order valence-electron chi connectivity index (χ3n) is 2.76. The topological polar surface area (TPSA) is 26.3 Å². The third-order valence-corrected chi connectivity index (χ3v) is 2.76. The molecule has 2 rings (SSSR count). The summed E-state index contributed by atoms with van der Waals surface area (Å²) in [7, 11) is 1.56. The lowest BCUT2D eigenvalue weighted by Crippen LogP contribution is -2.04. The second kappa shape index (κ2) is 5.45. The number of methoxy groups -OCH3 is 1. The second-order valence-electron chi connectivity index (χ2n) is 3.85. The van der Waals surface area contributed by atoms with E-state index in [1.54, 1.807) is 55.6 Å². The molecule has 0 aliphatic carbocycles. The molecule has 0 aliphatic heterocycles. The summed E-state index contributed by atoms with van der Waals surface area (Å²) in [5, 5.41) is 0. The molecule has 0 saturated carbocycles. The summed E-state index contributed by atoms with van der Waals surface area (Å²) >= 11 is 0. The number of carbonyl (C=O) groups is 1. The van der Waals surface area contributed by atoms with E-state index in [0.29, 0.717) is 22.4 Å². The van der Waals surface area contributed by atoms with Crippen LogP contribution in [0, 0.1) is 0 Å². The largest absolute Gasteiger partial charge is 0.497 e. The molecule has 18 heavy (non-hydrogen) atoms. The zero-order valence-corrected chi connectivity index (χ0v) is 10.0. The number of rotatable bonds is 4. The summed E-state index contributed by atoms with van der Waals surface area (Å²) < 4.78 is 17.8. The summed E-state index contributed by atoms with van der Waals surface area (Å²) in [6, 6.07) is 13.5. The Morgan fingerprint density at radius 3 is 2.39 bits per heavy atom. The van der Waals surface area contributed by atoms with Crippen LogP contribution in [0.4, 0.5) is 4.39 Å². The highest BCUT2D eigenvalue weighted by atomic mass is 19.1. The minimum atomic E-state index is -0.641. The van der Waals surface area contributed by atoms with Gasteiger partial charge in [0.15, 0.2) is 5.78 Å². The van der Waals surface area contributed by atoms with Gasteiger partial charge in [-0.1, -0.05) is 24.3 Å². The van der Waals surface area contributed by atoms with Crippen LogP contribution in [0.15, 0.2) is 48.5 Å². The number of benzene rings is 2. The number of hydrogen-bond donors (Lipinski definition) is 0.